The quantitative estimate of drug-likeness (QED) is 0.820. The molecule has 6 heteroatoms. The number of rotatable bonds is 5. The fourth-order valence-electron chi connectivity index (χ4n) is 3.13. The molecule has 3 rings (SSSR count). The van der Waals surface area contributed by atoms with E-state index in [2.05, 4.69) is 37.8 Å². The van der Waals surface area contributed by atoms with Gasteiger partial charge in [-0.3, -0.25) is 4.79 Å². The minimum Gasteiger partial charge on any atom is -0.356 e. The zero-order chi connectivity index (χ0) is 16.9. The minimum atomic E-state index is -0.0135. The van der Waals surface area contributed by atoms with Crippen molar-refractivity contribution in [3.05, 3.63) is 40.0 Å². The summed E-state index contributed by atoms with van der Waals surface area (Å²) >= 11 is 3.70. The van der Waals surface area contributed by atoms with Crippen LogP contribution in [-0.4, -0.2) is 30.7 Å². The van der Waals surface area contributed by atoms with Crippen LogP contribution in [0.1, 0.15) is 36.9 Å². The molecule has 1 fully saturated rings. The number of amides is 1. The molecule has 1 amide bonds. The molecule has 1 saturated heterocycles. The summed E-state index contributed by atoms with van der Waals surface area (Å²) in [5, 5.41) is 10.6. The van der Waals surface area contributed by atoms with E-state index in [1.807, 2.05) is 18.2 Å². The molecule has 2 heterocycles. The van der Waals surface area contributed by atoms with Gasteiger partial charge in [0.1, 0.15) is 5.69 Å². The van der Waals surface area contributed by atoms with Gasteiger partial charge in [0.2, 0.25) is 5.91 Å². The van der Waals surface area contributed by atoms with Gasteiger partial charge in [0.05, 0.1) is 4.47 Å². The molecular weight excluding hydrogens is 370 g/mol. The summed E-state index contributed by atoms with van der Waals surface area (Å²) in [7, 11) is 0. The molecule has 1 aromatic heterocycles. The fourth-order valence-corrected chi connectivity index (χ4v) is 3.81. The number of nitrogens with zero attached hydrogens (tertiary/aromatic N) is 1. The van der Waals surface area contributed by atoms with E-state index < -0.39 is 0 Å². The topological polar surface area (TPSA) is 67.2 Å². The van der Waals surface area contributed by atoms with Crippen LogP contribution in [-0.2, 0) is 11.2 Å². The molecule has 2 aromatic rings. The lowest BCUT2D eigenvalue weighted by molar-refractivity contribution is -0.118. The van der Waals surface area contributed by atoms with Crippen LogP contribution >= 0.6 is 15.9 Å². The Hall–Kier alpha value is -1.66. The van der Waals surface area contributed by atoms with Gasteiger partial charge < -0.3 is 15.2 Å². The molecule has 0 bridgehead atoms. The minimum absolute atomic E-state index is 0.0135. The molecule has 0 spiro atoms. The number of hydrogen-bond donors (Lipinski definition) is 2. The SMILES string of the molecule is CC(=O)NCCc1ccccc1-c1onc([C@@H]2CCCNC2)c1Br. The highest BCUT2D eigenvalue weighted by atomic mass is 79.9. The Morgan fingerprint density at radius 2 is 2.29 bits per heavy atom. The Balaban J connectivity index is 1.84. The number of piperidine rings is 1. The Kier molecular flexibility index (Phi) is 5.68. The van der Waals surface area contributed by atoms with Crippen molar-refractivity contribution in [3.63, 3.8) is 0 Å². The first-order valence-corrected chi connectivity index (χ1v) is 9.14. The molecule has 1 aliphatic heterocycles. The molecule has 2 N–H and O–H groups in total. The molecule has 128 valence electrons. The van der Waals surface area contributed by atoms with Gasteiger partial charge in [0, 0.05) is 31.5 Å². The lowest BCUT2D eigenvalue weighted by atomic mass is 9.95. The van der Waals surface area contributed by atoms with E-state index in [1.165, 1.54) is 6.92 Å². The number of hydrogen-bond acceptors (Lipinski definition) is 4. The average Bonchev–Trinajstić information content (AvgIpc) is 2.97. The van der Waals surface area contributed by atoms with Gasteiger partial charge in [-0.25, -0.2) is 0 Å². The highest BCUT2D eigenvalue weighted by molar-refractivity contribution is 9.10. The van der Waals surface area contributed by atoms with Crippen molar-refractivity contribution in [2.45, 2.75) is 32.1 Å². The third kappa shape index (κ3) is 3.87. The van der Waals surface area contributed by atoms with Crippen molar-refractivity contribution in [2.24, 2.45) is 0 Å². The molecule has 0 radical (unpaired) electrons. The number of carbonyl (C=O) groups is 1. The molecular formula is C18H22BrN3O2. The first kappa shape index (κ1) is 17.2. The summed E-state index contributed by atoms with van der Waals surface area (Å²) in [5.74, 6) is 1.14. The third-order valence-corrected chi connectivity index (χ3v) is 5.14. The van der Waals surface area contributed by atoms with E-state index in [-0.39, 0.29) is 5.91 Å². The van der Waals surface area contributed by atoms with Gasteiger partial charge in [-0.05, 0) is 47.3 Å². The van der Waals surface area contributed by atoms with Gasteiger partial charge in [-0.15, -0.1) is 0 Å². The van der Waals surface area contributed by atoms with E-state index in [4.69, 9.17) is 4.52 Å². The zero-order valence-corrected chi connectivity index (χ0v) is 15.4. The third-order valence-electron chi connectivity index (χ3n) is 4.37. The normalized spacial score (nSPS) is 17.7. The highest BCUT2D eigenvalue weighted by Gasteiger charge is 2.25. The van der Waals surface area contributed by atoms with Gasteiger partial charge >= 0.3 is 0 Å². The van der Waals surface area contributed by atoms with E-state index >= 15 is 0 Å². The van der Waals surface area contributed by atoms with Gasteiger partial charge in [0.25, 0.3) is 0 Å². The van der Waals surface area contributed by atoms with Crippen molar-refractivity contribution >= 4 is 21.8 Å². The largest absolute Gasteiger partial charge is 0.356 e. The van der Waals surface area contributed by atoms with Crippen molar-refractivity contribution in [1.82, 2.24) is 15.8 Å². The van der Waals surface area contributed by atoms with Crippen LogP contribution in [0.5, 0.6) is 0 Å². The van der Waals surface area contributed by atoms with Crippen molar-refractivity contribution in [2.75, 3.05) is 19.6 Å². The maximum absolute atomic E-state index is 11.1. The lowest BCUT2D eigenvalue weighted by Crippen LogP contribution is -2.28. The van der Waals surface area contributed by atoms with Crippen molar-refractivity contribution in [1.29, 1.82) is 0 Å². The lowest BCUT2D eigenvalue weighted by Gasteiger charge is -2.20. The number of nitrogens with one attached hydrogen (secondary N) is 2. The highest BCUT2D eigenvalue weighted by Crippen LogP contribution is 2.37. The standard InChI is InChI=1S/C18H22BrN3O2/c1-12(23)21-10-8-13-5-2-3-7-15(13)18-16(19)17(22-24-18)14-6-4-9-20-11-14/h2-3,5,7,14,20H,4,6,8-11H2,1H3,(H,21,23)/t14-/m1/s1. The molecule has 5 nitrogen and oxygen atoms in total. The molecule has 1 atom stereocenters. The van der Waals surface area contributed by atoms with E-state index in [0.717, 1.165) is 59.4 Å². The molecule has 1 aromatic carbocycles. The maximum Gasteiger partial charge on any atom is 0.216 e. The van der Waals surface area contributed by atoms with Crippen molar-refractivity contribution < 1.29 is 9.32 Å². The second-order valence-electron chi connectivity index (χ2n) is 6.14. The fraction of sp³-hybridized carbons (Fsp3) is 0.444. The van der Waals surface area contributed by atoms with E-state index in [9.17, 15) is 4.79 Å². The second kappa shape index (κ2) is 7.94. The number of benzene rings is 1. The summed E-state index contributed by atoms with van der Waals surface area (Å²) in [6.07, 6.45) is 3.04. The van der Waals surface area contributed by atoms with Crippen LogP contribution in [0.4, 0.5) is 0 Å². The van der Waals surface area contributed by atoms with Gasteiger partial charge in [-0.2, -0.15) is 0 Å². The Bertz CT molecular complexity index is 708. The number of carbonyl (C=O) groups excluding carboxylic acids is 1. The van der Waals surface area contributed by atoms with Crippen LogP contribution in [0.3, 0.4) is 0 Å². The number of aromatic nitrogens is 1. The first-order chi connectivity index (χ1) is 11.7. The Morgan fingerprint density at radius 1 is 1.46 bits per heavy atom. The Labute approximate surface area is 150 Å². The molecule has 0 aliphatic carbocycles. The van der Waals surface area contributed by atoms with Crippen LogP contribution in [0.15, 0.2) is 33.3 Å². The predicted molar refractivity (Wildman–Crippen MR) is 96.9 cm³/mol. The summed E-state index contributed by atoms with van der Waals surface area (Å²) in [6.45, 7) is 4.15. The van der Waals surface area contributed by atoms with Crippen LogP contribution < -0.4 is 10.6 Å². The number of halogens is 1. The van der Waals surface area contributed by atoms with E-state index in [1.54, 1.807) is 0 Å². The first-order valence-electron chi connectivity index (χ1n) is 8.35. The summed E-state index contributed by atoms with van der Waals surface area (Å²) < 4.78 is 6.64. The molecule has 24 heavy (non-hydrogen) atoms. The summed E-state index contributed by atoms with van der Waals surface area (Å²) in [5.41, 5.74) is 3.16. The van der Waals surface area contributed by atoms with Crippen LogP contribution in [0.25, 0.3) is 11.3 Å². The predicted octanol–water partition coefficient (Wildman–Crippen LogP) is 3.25. The monoisotopic (exact) mass is 391 g/mol. The van der Waals surface area contributed by atoms with Crippen LogP contribution in [0.2, 0.25) is 0 Å². The van der Waals surface area contributed by atoms with Gasteiger partial charge in [0.15, 0.2) is 5.76 Å². The second-order valence-corrected chi connectivity index (χ2v) is 6.94. The van der Waals surface area contributed by atoms with Gasteiger partial charge in [-0.1, -0.05) is 29.4 Å². The maximum atomic E-state index is 11.1. The van der Waals surface area contributed by atoms with Crippen LogP contribution in [0, 0.1) is 0 Å². The smallest absolute Gasteiger partial charge is 0.216 e. The molecule has 0 saturated carbocycles. The summed E-state index contributed by atoms with van der Waals surface area (Å²) in [6, 6.07) is 8.10. The molecule has 1 aliphatic rings. The average molecular weight is 392 g/mol. The zero-order valence-electron chi connectivity index (χ0n) is 13.8. The van der Waals surface area contributed by atoms with Crippen molar-refractivity contribution in [3.8, 4) is 11.3 Å². The van der Waals surface area contributed by atoms with E-state index in [0.29, 0.717) is 12.5 Å². The molecule has 0 unspecified atom stereocenters. The summed E-state index contributed by atoms with van der Waals surface area (Å²) in [4.78, 5) is 11.1. The Morgan fingerprint density at radius 3 is 3.04 bits per heavy atom.